The molecule has 0 spiro atoms. The van der Waals surface area contributed by atoms with E-state index in [0.717, 1.165) is 55.3 Å². The van der Waals surface area contributed by atoms with E-state index in [2.05, 4.69) is 146 Å². The molecule has 5 heteroatoms. The van der Waals surface area contributed by atoms with Gasteiger partial charge in [-0.3, -0.25) is 0 Å². The minimum Gasteiger partial charge on any atom is -0.455 e. The summed E-state index contributed by atoms with van der Waals surface area (Å²) >= 11 is 1.85. The predicted octanol–water partition coefficient (Wildman–Crippen LogP) is 14.1. The van der Waals surface area contributed by atoms with Gasteiger partial charge >= 0.3 is 0 Å². The molecule has 0 radical (unpaired) electrons. The summed E-state index contributed by atoms with van der Waals surface area (Å²) in [5, 5.41) is 4.60. The van der Waals surface area contributed by atoms with Crippen LogP contribution in [0.15, 0.2) is 192 Å². The molecule has 3 heterocycles. The minimum atomic E-state index is 0.564. The molecule has 0 saturated heterocycles. The van der Waals surface area contributed by atoms with Crippen molar-refractivity contribution < 1.29 is 4.42 Å². The van der Waals surface area contributed by atoms with Crippen molar-refractivity contribution in [2.24, 2.45) is 0 Å². The Morgan fingerprint density at radius 2 is 0.911 bits per heavy atom. The van der Waals surface area contributed by atoms with Crippen LogP contribution in [0, 0.1) is 0 Å². The van der Waals surface area contributed by atoms with E-state index < -0.39 is 0 Å². The topological polar surface area (TPSA) is 51.8 Å². The van der Waals surface area contributed by atoms with E-state index in [1.807, 2.05) is 53.8 Å². The molecule has 0 N–H and O–H groups in total. The number of fused-ring (bicyclic) bond motifs is 6. The predicted molar refractivity (Wildman–Crippen MR) is 233 cm³/mol. The zero-order chi connectivity index (χ0) is 37.0. The lowest BCUT2D eigenvalue weighted by Gasteiger charge is -2.09. The summed E-state index contributed by atoms with van der Waals surface area (Å²) in [5.41, 5.74) is 11.3. The normalized spacial score (nSPS) is 11.6. The number of para-hydroxylation sites is 1. The van der Waals surface area contributed by atoms with E-state index in [1.165, 1.54) is 36.9 Å². The van der Waals surface area contributed by atoms with Crippen LogP contribution < -0.4 is 0 Å². The lowest BCUT2D eigenvalue weighted by atomic mass is 9.94. The molecule has 0 amide bonds. The largest absolute Gasteiger partial charge is 0.455 e. The van der Waals surface area contributed by atoms with Crippen LogP contribution in [0.1, 0.15) is 0 Å². The van der Waals surface area contributed by atoms with Gasteiger partial charge in [0.25, 0.3) is 0 Å². The molecule has 0 aliphatic rings. The monoisotopic (exact) mass is 733 g/mol. The Labute approximate surface area is 327 Å². The van der Waals surface area contributed by atoms with Crippen molar-refractivity contribution in [2.75, 3.05) is 0 Å². The maximum atomic E-state index is 6.83. The zero-order valence-corrected chi connectivity index (χ0v) is 30.9. The molecule has 0 bridgehead atoms. The van der Waals surface area contributed by atoms with Crippen molar-refractivity contribution in [3.63, 3.8) is 0 Å². The average Bonchev–Trinajstić information content (AvgIpc) is 3.86. The first-order valence-corrected chi connectivity index (χ1v) is 19.5. The number of furan rings is 1. The van der Waals surface area contributed by atoms with Crippen molar-refractivity contribution in [3.05, 3.63) is 188 Å². The van der Waals surface area contributed by atoms with Crippen LogP contribution in [0.3, 0.4) is 0 Å². The van der Waals surface area contributed by atoms with E-state index in [4.69, 9.17) is 19.4 Å². The summed E-state index contributed by atoms with van der Waals surface area (Å²) < 4.78 is 9.40. The third kappa shape index (κ3) is 5.48. The first-order chi connectivity index (χ1) is 27.7. The molecular formula is C51H31N3OS. The van der Waals surface area contributed by atoms with Crippen LogP contribution in [0.4, 0.5) is 0 Å². The second kappa shape index (κ2) is 13.3. The maximum absolute atomic E-state index is 6.83. The average molecular weight is 734 g/mol. The number of hydrogen-bond acceptors (Lipinski definition) is 5. The summed E-state index contributed by atoms with van der Waals surface area (Å²) in [7, 11) is 0. The second-order valence-corrected chi connectivity index (χ2v) is 15.0. The van der Waals surface area contributed by atoms with E-state index in [-0.39, 0.29) is 0 Å². The Hall–Kier alpha value is -7.21. The van der Waals surface area contributed by atoms with Gasteiger partial charge in [-0.05, 0) is 57.6 Å². The van der Waals surface area contributed by atoms with Crippen molar-refractivity contribution in [1.82, 2.24) is 15.0 Å². The number of nitrogens with zero attached hydrogens (tertiary/aromatic N) is 3. The third-order valence-electron chi connectivity index (χ3n) is 10.6. The number of benzene rings is 8. The molecule has 0 atom stereocenters. The molecule has 0 saturated carbocycles. The number of hydrogen-bond donors (Lipinski definition) is 0. The lowest BCUT2D eigenvalue weighted by Crippen LogP contribution is -2.00. The highest BCUT2D eigenvalue weighted by molar-refractivity contribution is 7.26. The van der Waals surface area contributed by atoms with Crippen LogP contribution in [0.25, 0.3) is 110 Å². The SMILES string of the molecule is c1ccc(-c2ccc(-c3nc(-c4ccccc4)nc(-c4cccc5c4oc4cc(-c6ccc(-c7ccccc7)c7sc8ccccc8c67)ccc45)n3)cc2)cc1. The van der Waals surface area contributed by atoms with Gasteiger partial charge in [0.05, 0.1) is 5.56 Å². The fourth-order valence-electron chi connectivity index (χ4n) is 7.84. The molecule has 3 aromatic heterocycles. The summed E-state index contributed by atoms with van der Waals surface area (Å²) in [6.07, 6.45) is 0. The summed E-state index contributed by atoms with van der Waals surface area (Å²) in [6.45, 7) is 0. The van der Waals surface area contributed by atoms with Crippen molar-refractivity contribution >= 4 is 53.4 Å². The maximum Gasteiger partial charge on any atom is 0.167 e. The Bertz CT molecular complexity index is 3230. The summed E-state index contributed by atoms with van der Waals surface area (Å²) in [4.78, 5) is 15.1. The van der Waals surface area contributed by atoms with Crippen molar-refractivity contribution in [3.8, 4) is 67.5 Å². The van der Waals surface area contributed by atoms with Crippen LogP contribution in [0.5, 0.6) is 0 Å². The zero-order valence-electron chi connectivity index (χ0n) is 30.1. The minimum absolute atomic E-state index is 0.564. The summed E-state index contributed by atoms with van der Waals surface area (Å²) in [6, 6.07) is 65.6. The van der Waals surface area contributed by atoms with Crippen LogP contribution >= 0.6 is 11.3 Å². The third-order valence-corrected chi connectivity index (χ3v) is 11.8. The van der Waals surface area contributed by atoms with E-state index in [9.17, 15) is 0 Å². The molecule has 56 heavy (non-hydrogen) atoms. The number of thiophene rings is 1. The van der Waals surface area contributed by atoms with Gasteiger partial charge in [0.1, 0.15) is 11.2 Å². The van der Waals surface area contributed by atoms with Crippen molar-refractivity contribution in [1.29, 1.82) is 0 Å². The van der Waals surface area contributed by atoms with Gasteiger partial charge in [0, 0.05) is 42.1 Å². The smallest absolute Gasteiger partial charge is 0.167 e. The quantitative estimate of drug-likeness (QED) is 0.171. The van der Waals surface area contributed by atoms with E-state index in [0.29, 0.717) is 17.5 Å². The molecule has 0 aliphatic carbocycles. The molecule has 11 aromatic rings. The molecular weight excluding hydrogens is 703 g/mol. The van der Waals surface area contributed by atoms with Gasteiger partial charge < -0.3 is 4.42 Å². The highest BCUT2D eigenvalue weighted by Gasteiger charge is 2.20. The van der Waals surface area contributed by atoms with Crippen LogP contribution in [-0.2, 0) is 0 Å². The second-order valence-electron chi connectivity index (χ2n) is 13.9. The molecule has 11 rings (SSSR count). The Morgan fingerprint density at radius 3 is 1.66 bits per heavy atom. The first kappa shape index (κ1) is 32.2. The molecule has 4 nitrogen and oxygen atoms in total. The molecule has 0 unspecified atom stereocenters. The highest BCUT2D eigenvalue weighted by atomic mass is 32.1. The van der Waals surface area contributed by atoms with Gasteiger partial charge in [-0.15, -0.1) is 11.3 Å². The highest BCUT2D eigenvalue weighted by Crippen LogP contribution is 2.46. The van der Waals surface area contributed by atoms with Crippen LogP contribution in [-0.4, -0.2) is 15.0 Å². The van der Waals surface area contributed by atoms with Gasteiger partial charge in [0.2, 0.25) is 0 Å². The molecule has 8 aromatic carbocycles. The van der Waals surface area contributed by atoms with E-state index in [1.54, 1.807) is 0 Å². The Morgan fingerprint density at radius 1 is 0.357 bits per heavy atom. The molecule has 0 fully saturated rings. The fourth-order valence-corrected chi connectivity index (χ4v) is 9.10. The van der Waals surface area contributed by atoms with Gasteiger partial charge in [-0.1, -0.05) is 164 Å². The van der Waals surface area contributed by atoms with Gasteiger partial charge in [-0.2, -0.15) is 0 Å². The Balaban J connectivity index is 1.06. The fraction of sp³-hybridized carbons (Fsp3) is 0. The molecule has 0 aliphatic heterocycles. The van der Waals surface area contributed by atoms with Crippen LogP contribution in [0.2, 0.25) is 0 Å². The number of aromatic nitrogens is 3. The standard InChI is InChI=1S/C51H31N3OS/c1-4-13-32(14-5-1)33-23-25-36(26-24-33)50-52-49(35-17-8-3-9-18-35)53-51(54-50)43-21-12-20-41-40-28-27-37(31-44(40)55-47(41)43)38-29-30-39(34-15-6-2-7-16-34)48-46(38)42-19-10-11-22-45(42)56-48/h1-31H. The first-order valence-electron chi connectivity index (χ1n) is 18.7. The molecule has 262 valence electrons. The Kier molecular flexibility index (Phi) is 7.64. The van der Waals surface area contributed by atoms with Gasteiger partial charge in [0.15, 0.2) is 17.5 Å². The summed E-state index contributed by atoms with van der Waals surface area (Å²) in [5.74, 6) is 1.78. The lowest BCUT2D eigenvalue weighted by molar-refractivity contribution is 0.669. The van der Waals surface area contributed by atoms with Crippen molar-refractivity contribution in [2.45, 2.75) is 0 Å². The van der Waals surface area contributed by atoms with E-state index >= 15 is 0 Å². The number of rotatable bonds is 6. The van der Waals surface area contributed by atoms with Gasteiger partial charge in [-0.25, -0.2) is 15.0 Å².